The Balaban J connectivity index is 2.32. The van der Waals surface area contributed by atoms with E-state index >= 15 is 0 Å². The van der Waals surface area contributed by atoms with Gasteiger partial charge in [-0.05, 0) is 105 Å². The molecule has 0 amide bonds. The van der Waals surface area contributed by atoms with E-state index in [4.69, 9.17) is 14.2 Å². The minimum Gasteiger partial charge on any atom is -0.326 e. The van der Waals surface area contributed by atoms with Gasteiger partial charge in [0.25, 0.3) is 5.97 Å². The van der Waals surface area contributed by atoms with E-state index in [1.54, 1.807) is 0 Å². The molecule has 1 heterocycles. The number of ether oxygens (including phenoxy) is 3. The van der Waals surface area contributed by atoms with Crippen LogP contribution in [0.1, 0.15) is 189 Å². The van der Waals surface area contributed by atoms with Gasteiger partial charge in [0, 0.05) is 12.5 Å². The molecule has 1 aliphatic heterocycles. The van der Waals surface area contributed by atoms with Crippen molar-refractivity contribution in [2.45, 2.75) is 212 Å². The lowest BCUT2D eigenvalue weighted by atomic mass is 9.99. The molecule has 0 aliphatic carbocycles. The second kappa shape index (κ2) is 29.5. The Hall–Kier alpha value is -1.20. The van der Waals surface area contributed by atoms with Gasteiger partial charge in [0.2, 0.25) is 0 Å². The summed E-state index contributed by atoms with van der Waals surface area (Å²) < 4.78 is 19.4. The number of hydrogen-bond acceptors (Lipinski definition) is 4. The van der Waals surface area contributed by atoms with Gasteiger partial charge in [0.1, 0.15) is 0 Å². The molecule has 48 heavy (non-hydrogen) atoms. The van der Waals surface area contributed by atoms with Crippen LogP contribution in [-0.4, -0.2) is 49.3 Å². The molecule has 0 aromatic carbocycles. The van der Waals surface area contributed by atoms with E-state index in [2.05, 4.69) is 95.3 Å². The smallest absolute Gasteiger partial charge is 0.280 e. The topological polar surface area (TPSA) is 30.9 Å². The molecular formula is C44H81NO3. The highest BCUT2D eigenvalue weighted by Gasteiger charge is 2.45. The minimum atomic E-state index is -0.948. The van der Waals surface area contributed by atoms with Gasteiger partial charge in [0.05, 0.1) is 18.8 Å². The van der Waals surface area contributed by atoms with Crippen molar-refractivity contribution in [3.63, 3.8) is 0 Å². The molecule has 1 aliphatic rings. The number of unbranched alkanes of at least 4 members (excludes halogenated alkanes) is 16. The second-order valence-electron chi connectivity index (χ2n) is 15.2. The Kier molecular flexibility index (Phi) is 27.6. The van der Waals surface area contributed by atoms with E-state index in [-0.39, 0.29) is 17.7 Å². The molecule has 0 aromatic heterocycles. The third-order valence-electron chi connectivity index (χ3n) is 9.92. The van der Waals surface area contributed by atoms with Gasteiger partial charge in [-0.15, -0.1) is 0 Å². The van der Waals surface area contributed by atoms with Gasteiger partial charge in [-0.25, -0.2) is 0 Å². The first kappa shape index (κ1) is 44.8. The van der Waals surface area contributed by atoms with Gasteiger partial charge in [-0.3, -0.25) is 0 Å². The first-order valence-electron chi connectivity index (χ1n) is 20.5. The highest BCUT2D eigenvalue weighted by molar-refractivity contribution is 4.93. The Morgan fingerprint density at radius 1 is 0.542 bits per heavy atom. The Morgan fingerprint density at radius 2 is 0.896 bits per heavy atom. The molecule has 0 aromatic rings. The van der Waals surface area contributed by atoms with Crippen molar-refractivity contribution in [2.24, 2.45) is 0 Å². The fourth-order valence-corrected chi connectivity index (χ4v) is 6.04. The molecule has 4 nitrogen and oxygen atoms in total. The van der Waals surface area contributed by atoms with Crippen LogP contribution in [0.3, 0.4) is 0 Å². The van der Waals surface area contributed by atoms with Crippen molar-refractivity contribution in [1.82, 2.24) is 4.90 Å². The maximum Gasteiger partial charge on any atom is 0.280 e. The highest BCUT2D eigenvalue weighted by atomic mass is 16.9. The first-order valence-corrected chi connectivity index (χ1v) is 20.5. The summed E-state index contributed by atoms with van der Waals surface area (Å²) in [5, 5.41) is 0. The van der Waals surface area contributed by atoms with Crippen LogP contribution in [0.5, 0.6) is 0 Å². The normalized spacial score (nSPS) is 20.7. The van der Waals surface area contributed by atoms with Crippen molar-refractivity contribution in [3.8, 4) is 0 Å². The molecule has 0 bridgehead atoms. The van der Waals surface area contributed by atoms with Gasteiger partial charge in [-0.2, -0.15) is 0 Å². The summed E-state index contributed by atoms with van der Waals surface area (Å²) in [6.45, 7) is 11.5. The van der Waals surface area contributed by atoms with Crippen molar-refractivity contribution in [3.05, 3.63) is 48.6 Å². The average molecular weight is 672 g/mol. The Labute approximate surface area is 300 Å². The number of hydrogen-bond donors (Lipinski definition) is 0. The third-order valence-corrected chi connectivity index (χ3v) is 9.92. The summed E-state index contributed by atoms with van der Waals surface area (Å²) in [5.74, 6) is -0.948. The van der Waals surface area contributed by atoms with E-state index in [9.17, 15) is 0 Å². The fraction of sp³-hybridized carbons (Fsp3) is 0.818. The zero-order chi connectivity index (χ0) is 35.2. The van der Waals surface area contributed by atoms with Crippen molar-refractivity contribution in [1.29, 1.82) is 0 Å². The highest BCUT2D eigenvalue weighted by Crippen LogP contribution is 2.36. The molecule has 1 rings (SSSR count). The summed E-state index contributed by atoms with van der Waals surface area (Å²) in [7, 11) is 4.20. The monoisotopic (exact) mass is 672 g/mol. The SMILES string of the molecule is CCCCC/C=C\C/C=C\CCCCCCCC1OC(C)(OCC(C)(C)N(C)C)OC1CCCCCCC/C=C\C/C=C\CCCCC. The molecule has 1 fully saturated rings. The molecule has 280 valence electrons. The molecule has 0 N–H and O–H groups in total. The molecule has 2 atom stereocenters. The summed E-state index contributed by atoms with van der Waals surface area (Å²) in [4.78, 5) is 2.20. The number of allylic oxidation sites excluding steroid dienone is 8. The lowest BCUT2D eigenvalue weighted by Gasteiger charge is -2.35. The Morgan fingerprint density at radius 3 is 1.27 bits per heavy atom. The summed E-state index contributed by atoms with van der Waals surface area (Å²) in [6, 6.07) is 0. The fourth-order valence-electron chi connectivity index (χ4n) is 6.04. The Bertz CT molecular complexity index is 788. The van der Waals surface area contributed by atoms with Crippen LogP contribution in [0.4, 0.5) is 0 Å². The summed E-state index contributed by atoms with van der Waals surface area (Å²) in [5.41, 5.74) is -0.0798. The van der Waals surface area contributed by atoms with E-state index in [0.717, 1.165) is 25.7 Å². The van der Waals surface area contributed by atoms with Gasteiger partial charge < -0.3 is 19.1 Å². The zero-order valence-corrected chi connectivity index (χ0v) is 33.1. The predicted octanol–water partition coefficient (Wildman–Crippen LogP) is 13.4. The van der Waals surface area contributed by atoms with Crippen LogP contribution >= 0.6 is 0 Å². The maximum atomic E-state index is 6.54. The van der Waals surface area contributed by atoms with Crippen molar-refractivity contribution in [2.75, 3.05) is 20.7 Å². The third kappa shape index (κ3) is 24.0. The standard InChI is InChI=1S/C44H81NO3/c1-8-10-12-14-16-18-20-22-24-26-28-30-32-34-36-38-41-42(48-44(5,47-41)46-40-43(3,4)45(6)7)39-37-35-33-31-29-27-25-23-21-19-17-15-13-11-9-2/h16-19,22-25,41-42H,8-15,20-21,26-40H2,1-7H3/b18-16-,19-17-,24-22-,25-23-. The van der Waals surface area contributed by atoms with Crippen LogP contribution in [0, 0.1) is 0 Å². The van der Waals surface area contributed by atoms with Crippen LogP contribution in [0.2, 0.25) is 0 Å². The summed E-state index contributed by atoms with van der Waals surface area (Å²) >= 11 is 0. The molecular weight excluding hydrogens is 590 g/mol. The van der Waals surface area contributed by atoms with E-state index in [0.29, 0.717) is 6.61 Å². The van der Waals surface area contributed by atoms with Crippen LogP contribution in [0.15, 0.2) is 48.6 Å². The average Bonchev–Trinajstić information content (AvgIpc) is 3.38. The number of likely N-dealkylation sites (N-methyl/N-ethyl adjacent to an activating group) is 1. The van der Waals surface area contributed by atoms with Crippen molar-refractivity contribution < 1.29 is 14.2 Å². The number of nitrogens with zero attached hydrogens (tertiary/aromatic N) is 1. The van der Waals surface area contributed by atoms with Gasteiger partial charge in [-0.1, -0.05) is 140 Å². The molecule has 2 unspecified atom stereocenters. The molecule has 0 radical (unpaired) electrons. The quantitative estimate of drug-likeness (QED) is 0.0526. The van der Waals surface area contributed by atoms with E-state index < -0.39 is 5.97 Å². The molecule has 0 saturated carbocycles. The zero-order valence-electron chi connectivity index (χ0n) is 33.1. The van der Waals surface area contributed by atoms with Crippen LogP contribution in [-0.2, 0) is 14.2 Å². The van der Waals surface area contributed by atoms with Crippen molar-refractivity contribution >= 4 is 0 Å². The lowest BCUT2D eigenvalue weighted by Crippen LogP contribution is -2.46. The van der Waals surface area contributed by atoms with Crippen LogP contribution < -0.4 is 0 Å². The molecule has 4 heteroatoms. The van der Waals surface area contributed by atoms with Gasteiger partial charge in [0.15, 0.2) is 0 Å². The minimum absolute atomic E-state index is 0.0798. The molecule has 1 saturated heterocycles. The first-order chi connectivity index (χ1) is 23.2. The maximum absolute atomic E-state index is 6.54. The van der Waals surface area contributed by atoms with E-state index in [1.165, 1.54) is 128 Å². The lowest BCUT2D eigenvalue weighted by molar-refractivity contribution is -0.336. The second-order valence-corrected chi connectivity index (χ2v) is 15.2. The van der Waals surface area contributed by atoms with Crippen LogP contribution in [0.25, 0.3) is 0 Å². The van der Waals surface area contributed by atoms with Gasteiger partial charge >= 0.3 is 0 Å². The van der Waals surface area contributed by atoms with E-state index in [1.807, 2.05) is 6.92 Å². The largest absolute Gasteiger partial charge is 0.326 e. The predicted molar refractivity (Wildman–Crippen MR) is 211 cm³/mol. The summed E-state index contributed by atoms with van der Waals surface area (Å²) in [6.07, 6.45) is 48.9. The number of rotatable bonds is 32. The molecule has 0 spiro atoms.